The number of fused-ring (bicyclic) bond motifs is 1. The van der Waals surface area contributed by atoms with Crippen LogP contribution in [-0.4, -0.2) is 14.8 Å². The van der Waals surface area contributed by atoms with Gasteiger partial charge < -0.3 is 10.2 Å². The van der Waals surface area contributed by atoms with Crippen molar-refractivity contribution in [3.05, 3.63) is 60.8 Å². The SMILES string of the molecule is Nc1c(-c2nc3ccccc3o2)cnn1-c1ccccc1. The summed E-state index contributed by atoms with van der Waals surface area (Å²) in [7, 11) is 0. The molecule has 0 atom stereocenters. The number of nitrogens with two attached hydrogens (primary N) is 1. The van der Waals surface area contributed by atoms with Gasteiger partial charge in [0.25, 0.3) is 0 Å². The second-order valence-corrected chi connectivity index (χ2v) is 4.68. The molecular weight excluding hydrogens is 264 g/mol. The third-order valence-electron chi connectivity index (χ3n) is 3.33. The van der Waals surface area contributed by atoms with Crippen molar-refractivity contribution in [2.24, 2.45) is 0 Å². The van der Waals surface area contributed by atoms with Gasteiger partial charge in [0.2, 0.25) is 5.89 Å². The van der Waals surface area contributed by atoms with Gasteiger partial charge in [-0.15, -0.1) is 0 Å². The van der Waals surface area contributed by atoms with Crippen LogP contribution in [0.5, 0.6) is 0 Å². The molecule has 0 aliphatic carbocycles. The Balaban J connectivity index is 1.85. The van der Waals surface area contributed by atoms with E-state index in [1.807, 2.05) is 54.6 Å². The lowest BCUT2D eigenvalue weighted by molar-refractivity contribution is 0.620. The van der Waals surface area contributed by atoms with Gasteiger partial charge in [-0.2, -0.15) is 5.10 Å². The molecule has 0 saturated heterocycles. The summed E-state index contributed by atoms with van der Waals surface area (Å²) >= 11 is 0. The van der Waals surface area contributed by atoms with Crippen LogP contribution >= 0.6 is 0 Å². The second kappa shape index (κ2) is 4.49. The standard InChI is InChI=1S/C16H12N4O/c17-15-12(10-18-20(15)11-6-2-1-3-7-11)16-19-13-8-4-5-9-14(13)21-16/h1-10H,17H2. The van der Waals surface area contributed by atoms with Crippen molar-refractivity contribution < 1.29 is 4.42 Å². The van der Waals surface area contributed by atoms with Gasteiger partial charge in [0.05, 0.1) is 17.4 Å². The molecule has 4 rings (SSSR count). The largest absolute Gasteiger partial charge is 0.436 e. The van der Waals surface area contributed by atoms with Crippen molar-refractivity contribution in [3.63, 3.8) is 0 Å². The fourth-order valence-electron chi connectivity index (χ4n) is 2.29. The fraction of sp³-hybridized carbons (Fsp3) is 0. The molecule has 2 N–H and O–H groups in total. The minimum atomic E-state index is 0.482. The van der Waals surface area contributed by atoms with Crippen LogP contribution in [0.4, 0.5) is 5.82 Å². The van der Waals surface area contributed by atoms with Crippen LogP contribution in [0, 0.1) is 0 Å². The molecular formula is C16H12N4O. The molecule has 5 nitrogen and oxygen atoms in total. The van der Waals surface area contributed by atoms with Crippen molar-refractivity contribution in [1.29, 1.82) is 0 Å². The normalized spacial score (nSPS) is 11.0. The number of nitrogens with zero attached hydrogens (tertiary/aromatic N) is 3. The van der Waals surface area contributed by atoms with E-state index in [2.05, 4.69) is 10.1 Å². The van der Waals surface area contributed by atoms with Gasteiger partial charge in [0.1, 0.15) is 11.3 Å². The predicted molar refractivity (Wildman–Crippen MR) is 81.0 cm³/mol. The zero-order chi connectivity index (χ0) is 14.2. The molecule has 102 valence electrons. The fourth-order valence-corrected chi connectivity index (χ4v) is 2.29. The summed E-state index contributed by atoms with van der Waals surface area (Å²) in [4.78, 5) is 4.45. The van der Waals surface area contributed by atoms with Gasteiger partial charge >= 0.3 is 0 Å². The minimum Gasteiger partial charge on any atom is -0.436 e. The highest BCUT2D eigenvalue weighted by atomic mass is 16.3. The first-order chi connectivity index (χ1) is 10.3. The average Bonchev–Trinajstić information content (AvgIpc) is 3.11. The average molecular weight is 276 g/mol. The first-order valence-corrected chi connectivity index (χ1v) is 6.58. The van der Waals surface area contributed by atoms with Gasteiger partial charge in [0.15, 0.2) is 5.58 Å². The van der Waals surface area contributed by atoms with E-state index in [0.717, 1.165) is 16.8 Å². The number of benzene rings is 2. The van der Waals surface area contributed by atoms with Crippen molar-refractivity contribution in [2.45, 2.75) is 0 Å². The Morgan fingerprint density at radius 2 is 1.71 bits per heavy atom. The zero-order valence-corrected chi connectivity index (χ0v) is 11.1. The first kappa shape index (κ1) is 11.7. The lowest BCUT2D eigenvalue weighted by Crippen LogP contribution is -2.01. The Labute approximate surface area is 120 Å². The lowest BCUT2D eigenvalue weighted by atomic mass is 10.3. The van der Waals surface area contributed by atoms with E-state index in [0.29, 0.717) is 17.3 Å². The van der Waals surface area contributed by atoms with E-state index < -0.39 is 0 Å². The first-order valence-electron chi connectivity index (χ1n) is 6.58. The highest BCUT2D eigenvalue weighted by Gasteiger charge is 2.16. The monoisotopic (exact) mass is 276 g/mol. The highest BCUT2D eigenvalue weighted by molar-refractivity contribution is 5.78. The molecule has 0 amide bonds. The molecule has 21 heavy (non-hydrogen) atoms. The summed E-state index contributed by atoms with van der Waals surface area (Å²) in [6.45, 7) is 0. The lowest BCUT2D eigenvalue weighted by Gasteiger charge is -2.03. The molecule has 2 aromatic heterocycles. The Morgan fingerprint density at radius 3 is 2.52 bits per heavy atom. The summed E-state index contributed by atoms with van der Waals surface area (Å²) in [6, 6.07) is 17.3. The molecule has 0 bridgehead atoms. The van der Waals surface area contributed by atoms with E-state index in [-0.39, 0.29) is 0 Å². The maximum Gasteiger partial charge on any atom is 0.232 e. The predicted octanol–water partition coefficient (Wildman–Crippen LogP) is 3.26. The molecule has 0 radical (unpaired) electrons. The Kier molecular flexibility index (Phi) is 2.50. The molecule has 4 aromatic rings. The quantitative estimate of drug-likeness (QED) is 0.610. The number of hydrogen-bond acceptors (Lipinski definition) is 4. The van der Waals surface area contributed by atoms with Gasteiger partial charge in [-0.3, -0.25) is 0 Å². The van der Waals surface area contributed by atoms with E-state index in [1.165, 1.54) is 0 Å². The summed E-state index contributed by atoms with van der Waals surface area (Å²) < 4.78 is 7.41. The Morgan fingerprint density at radius 1 is 0.952 bits per heavy atom. The maximum atomic E-state index is 6.19. The van der Waals surface area contributed by atoms with Crippen LogP contribution in [0.1, 0.15) is 0 Å². The van der Waals surface area contributed by atoms with Crippen molar-refractivity contribution in [3.8, 4) is 17.1 Å². The van der Waals surface area contributed by atoms with Gasteiger partial charge in [-0.25, -0.2) is 9.67 Å². The molecule has 0 aliphatic heterocycles. The number of para-hydroxylation sites is 3. The van der Waals surface area contributed by atoms with Gasteiger partial charge in [-0.1, -0.05) is 30.3 Å². The summed E-state index contributed by atoms with van der Waals surface area (Å²) in [5.41, 5.74) is 9.32. The van der Waals surface area contributed by atoms with Crippen LogP contribution in [0.3, 0.4) is 0 Å². The van der Waals surface area contributed by atoms with E-state index >= 15 is 0 Å². The zero-order valence-electron chi connectivity index (χ0n) is 11.1. The van der Waals surface area contributed by atoms with Crippen LogP contribution in [0.25, 0.3) is 28.2 Å². The molecule has 0 fully saturated rings. The van der Waals surface area contributed by atoms with E-state index in [9.17, 15) is 0 Å². The van der Waals surface area contributed by atoms with Crippen LogP contribution in [-0.2, 0) is 0 Å². The number of oxazole rings is 1. The van der Waals surface area contributed by atoms with E-state index in [4.69, 9.17) is 10.2 Å². The third-order valence-corrected chi connectivity index (χ3v) is 3.33. The van der Waals surface area contributed by atoms with E-state index in [1.54, 1.807) is 10.9 Å². The Bertz CT molecular complexity index is 875. The molecule has 0 aliphatic rings. The second-order valence-electron chi connectivity index (χ2n) is 4.68. The molecule has 0 saturated carbocycles. The third kappa shape index (κ3) is 1.87. The summed E-state index contributed by atoms with van der Waals surface area (Å²) in [6.07, 6.45) is 1.67. The number of anilines is 1. The number of rotatable bonds is 2. The molecule has 2 aromatic carbocycles. The molecule has 2 heterocycles. The molecule has 0 spiro atoms. The van der Waals surface area contributed by atoms with Crippen LogP contribution in [0.2, 0.25) is 0 Å². The van der Waals surface area contributed by atoms with Crippen molar-refractivity contribution >= 4 is 16.9 Å². The highest BCUT2D eigenvalue weighted by Crippen LogP contribution is 2.29. The smallest absolute Gasteiger partial charge is 0.232 e. The van der Waals surface area contributed by atoms with Crippen molar-refractivity contribution in [2.75, 3.05) is 5.73 Å². The minimum absolute atomic E-state index is 0.482. The molecule has 5 heteroatoms. The van der Waals surface area contributed by atoms with Crippen LogP contribution < -0.4 is 5.73 Å². The number of aromatic nitrogens is 3. The van der Waals surface area contributed by atoms with Gasteiger partial charge in [0, 0.05) is 0 Å². The Hall–Kier alpha value is -3.08. The topological polar surface area (TPSA) is 69.9 Å². The maximum absolute atomic E-state index is 6.19. The molecule has 0 unspecified atom stereocenters. The summed E-state index contributed by atoms with van der Waals surface area (Å²) in [5.74, 6) is 0.989. The number of hydrogen-bond donors (Lipinski definition) is 1. The van der Waals surface area contributed by atoms with Crippen LogP contribution in [0.15, 0.2) is 65.2 Å². The van der Waals surface area contributed by atoms with Crippen molar-refractivity contribution in [1.82, 2.24) is 14.8 Å². The van der Waals surface area contributed by atoms with Gasteiger partial charge in [-0.05, 0) is 24.3 Å². The summed E-state index contributed by atoms with van der Waals surface area (Å²) in [5, 5.41) is 4.32. The number of nitrogen functional groups attached to an aromatic ring is 1.